The molecule has 2 heterocycles. The summed E-state index contributed by atoms with van der Waals surface area (Å²) in [5.74, 6) is 6.48. The van der Waals surface area contributed by atoms with Crippen molar-refractivity contribution < 1.29 is 5.11 Å². The van der Waals surface area contributed by atoms with Gasteiger partial charge in [0, 0.05) is 12.6 Å². The lowest BCUT2D eigenvalue weighted by Gasteiger charge is -2.31. The van der Waals surface area contributed by atoms with Gasteiger partial charge in [-0.1, -0.05) is 13.8 Å². The summed E-state index contributed by atoms with van der Waals surface area (Å²) in [4.78, 5) is 10.7. The van der Waals surface area contributed by atoms with E-state index in [4.69, 9.17) is 5.84 Å². The number of nitrogen functional groups attached to an aromatic ring is 1. The van der Waals surface area contributed by atoms with Crippen molar-refractivity contribution in [3.63, 3.8) is 0 Å². The van der Waals surface area contributed by atoms with Crippen molar-refractivity contribution in [3.05, 3.63) is 6.20 Å². The average Bonchev–Trinajstić information content (AvgIpc) is 2.94. The van der Waals surface area contributed by atoms with E-state index in [9.17, 15) is 5.11 Å². The van der Waals surface area contributed by atoms with Gasteiger partial charge in [-0.05, 0) is 12.8 Å². The Labute approximate surface area is 117 Å². The van der Waals surface area contributed by atoms with Crippen LogP contribution in [0.1, 0.15) is 26.7 Å². The Hall–Kier alpha value is -1.93. The van der Waals surface area contributed by atoms with Gasteiger partial charge in [0.15, 0.2) is 5.65 Å². The van der Waals surface area contributed by atoms with E-state index >= 15 is 0 Å². The molecule has 8 nitrogen and oxygen atoms in total. The summed E-state index contributed by atoms with van der Waals surface area (Å²) >= 11 is 0. The van der Waals surface area contributed by atoms with Crippen molar-refractivity contribution >= 4 is 22.8 Å². The average molecular weight is 279 g/mol. The van der Waals surface area contributed by atoms with Crippen LogP contribution in [0.15, 0.2) is 6.20 Å². The standard InChI is InChI=1S/C12H21N7O/c1-3-8(4-2)19(5-6-20)11-9-7-14-18-10(9)15-12(16-11)17-13/h7-8,20H,3-6,13H2,1-2H3,(H2,14,15,16,17,18). The van der Waals surface area contributed by atoms with Crippen molar-refractivity contribution in [1.82, 2.24) is 20.2 Å². The minimum Gasteiger partial charge on any atom is -0.395 e. The largest absolute Gasteiger partial charge is 0.395 e. The highest BCUT2D eigenvalue weighted by molar-refractivity contribution is 5.87. The number of aliphatic hydroxyl groups is 1. The number of hydrogen-bond donors (Lipinski definition) is 4. The van der Waals surface area contributed by atoms with Crippen molar-refractivity contribution in [2.75, 3.05) is 23.5 Å². The molecule has 0 aliphatic heterocycles. The molecule has 2 aromatic heterocycles. The second kappa shape index (κ2) is 6.49. The van der Waals surface area contributed by atoms with E-state index in [0.717, 1.165) is 24.0 Å². The summed E-state index contributed by atoms with van der Waals surface area (Å²) in [5, 5.41) is 17.0. The van der Waals surface area contributed by atoms with Crippen LogP contribution < -0.4 is 16.2 Å². The molecule has 0 saturated carbocycles. The molecule has 0 aliphatic carbocycles. The first-order chi connectivity index (χ1) is 9.74. The molecule has 0 bridgehead atoms. The lowest BCUT2D eigenvalue weighted by Crippen LogP contribution is -2.37. The van der Waals surface area contributed by atoms with Gasteiger partial charge in [-0.25, -0.2) is 5.84 Å². The molecule has 20 heavy (non-hydrogen) atoms. The highest BCUT2D eigenvalue weighted by atomic mass is 16.3. The minimum atomic E-state index is 0.0607. The van der Waals surface area contributed by atoms with E-state index < -0.39 is 0 Å². The second-order valence-electron chi connectivity index (χ2n) is 4.53. The van der Waals surface area contributed by atoms with Gasteiger partial charge in [0.25, 0.3) is 0 Å². The van der Waals surface area contributed by atoms with E-state index in [1.807, 2.05) is 0 Å². The quantitative estimate of drug-likeness (QED) is 0.434. The van der Waals surface area contributed by atoms with Gasteiger partial charge in [0.05, 0.1) is 18.2 Å². The van der Waals surface area contributed by atoms with Crippen molar-refractivity contribution in [2.45, 2.75) is 32.7 Å². The molecule has 0 radical (unpaired) electrons. The zero-order valence-corrected chi connectivity index (χ0v) is 11.8. The van der Waals surface area contributed by atoms with E-state index in [1.165, 1.54) is 0 Å². The Morgan fingerprint density at radius 3 is 2.75 bits per heavy atom. The first-order valence-corrected chi connectivity index (χ1v) is 6.80. The molecular weight excluding hydrogens is 258 g/mol. The van der Waals surface area contributed by atoms with Crippen LogP contribution in [0.5, 0.6) is 0 Å². The van der Waals surface area contributed by atoms with Gasteiger partial charge < -0.3 is 10.0 Å². The highest BCUT2D eigenvalue weighted by Gasteiger charge is 2.21. The van der Waals surface area contributed by atoms with Crippen molar-refractivity contribution in [1.29, 1.82) is 0 Å². The zero-order chi connectivity index (χ0) is 14.5. The molecule has 5 N–H and O–H groups in total. The van der Waals surface area contributed by atoms with Gasteiger partial charge in [-0.3, -0.25) is 10.5 Å². The number of hydrogen-bond acceptors (Lipinski definition) is 7. The number of hydrazine groups is 1. The fourth-order valence-corrected chi connectivity index (χ4v) is 2.40. The van der Waals surface area contributed by atoms with Gasteiger partial charge in [-0.2, -0.15) is 15.1 Å². The number of H-pyrrole nitrogens is 1. The van der Waals surface area contributed by atoms with Gasteiger partial charge in [-0.15, -0.1) is 0 Å². The third-order valence-corrected chi connectivity index (χ3v) is 3.41. The first-order valence-electron chi connectivity index (χ1n) is 6.80. The summed E-state index contributed by atoms with van der Waals surface area (Å²) in [5.41, 5.74) is 3.08. The third-order valence-electron chi connectivity index (χ3n) is 3.41. The van der Waals surface area contributed by atoms with E-state index in [1.54, 1.807) is 6.20 Å². The number of rotatable bonds is 7. The number of nitrogens with one attached hydrogen (secondary N) is 2. The van der Waals surface area contributed by atoms with Crippen LogP contribution in [0.4, 0.5) is 11.8 Å². The molecule has 0 amide bonds. The fourth-order valence-electron chi connectivity index (χ4n) is 2.40. The van der Waals surface area contributed by atoms with Crippen molar-refractivity contribution in [2.24, 2.45) is 5.84 Å². The molecule has 0 aromatic carbocycles. The molecule has 0 spiro atoms. The van der Waals surface area contributed by atoms with Crippen LogP contribution >= 0.6 is 0 Å². The number of aromatic nitrogens is 4. The Kier molecular flexibility index (Phi) is 4.70. The van der Waals surface area contributed by atoms with E-state index in [2.05, 4.69) is 44.3 Å². The Morgan fingerprint density at radius 1 is 1.40 bits per heavy atom. The number of nitrogens with two attached hydrogens (primary N) is 1. The topological polar surface area (TPSA) is 116 Å². The van der Waals surface area contributed by atoms with Gasteiger partial charge in [0.2, 0.25) is 5.95 Å². The van der Waals surface area contributed by atoms with Gasteiger partial charge in [0.1, 0.15) is 5.82 Å². The van der Waals surface area contributed by atoms with Gasteiger partial charge >= 0.3 is 0 Å². The number of anilines is 2. The molecule has 0 atom stereocenters. The summed E-state index contributed by atoms with van der Waals surface area (Å²) in [6, 6.07) is 0.292. The molecule has 110 valence electrons. The highest BCUT2D eigenvalue weighted by Crippen LogP contribution is 2.26. The lowest BCUT2D eigenvalue weighted by atomic mass is 10.1. The van der Waals surface area contributed by atoms with Crippen LogP contribution in [0.3, 0.4) is 0 Å². The normalized spacial score (nSPS) is 11.2. The Bertz CT molecular complexity index is 552. The fraction of sp³-hybridized carbons (Fsp3) is 0.583. The predicted molar refractivity (Wildman–Crippen MR) is 78.3 cm³/mol. The first kappa shape index (κ1) is 14.5. The SMILES string of the molecule is CCC(CC)N(CCO)c1nc(NN)nc2[nH]ncc12. The molecule has 8 heteroatoms. The lowest BCUT2D eigenvalue weighted by molar-refractivity contribution is 0.295. The maximum Gasteiger partial charge on any atom is 0.241 e. The molecule has 2 rings (SSSR count). The number of nitrogens with zero attached hydrogens (tertiary/aromatic N) is 4. The van der Waals surface area contributed by atoms with Crippen LogP contribution in [-0.2, 0) is 0 Å². The summed E-state index contributed by atoms with van der Waals surface area (Å²) in [7, 11) is 0. The third kappa shape index (κ3) is 2.66. The zero-order valence-electron chi connectivity index (χ0n) is 11.8. The molecule has 0 aliphatic rings. The smallest absolute Gasteiger partial charge is 0.241 e. The Morgan fingerprint density at radius 2 is 2.15 bits per heavy atom. The maximum atomic E-state index is 9.34. The monoisotopic (exact) mass is 279 g/mol. The van der Waals surface area contributed by atoms with Crippen LogP contribution in [0.25, 0.3) is 11.0 Å². The number of aliphatic hydroxyl groups excluding tert-OH is 1. The van der Waals surface area contributed by atoms with E-state index in [0.29, 0.717) is 24.2 Å². The van der Waals surface area contributed by atoms with Crippen LogP contribution in [-0.4, -0.2) is 44.5 Å². The number of fused-ring (bicyclic) bond motifs is 1. The van der Waals surface area contributed by atoms with Crippen LogP contribution in [0.2, 0.25) is 0 Å². The van der Waals surface area contributed by atoms with Crippen molar-refractivity contribution in [3.8, 4) is 0 Å². The molecule has 0 unspecified atom stereocenters. The second-order valence-corrected chi connectivity index (χ2v) is 4.53. The molecular formula is C12H21N7O. The summed E-state index contributed by atoms with van der Waals surface area (Å²) < 4.78 is 0. The van der Waals surface area contributed by atoms with E-state index in [-0.39, 0.29) is 6.61 Å². The van der Waals surface area contributed by atoms with Crippen LogP contribution in [0, 0.1) is 0 Å². The molecule has 0 fully saturated rings. The maximum absolute atomic E-state index is 9.34. The molecule has 0 saturated heterocycles. The summed E-state index contributed by atoms with van der Waals surface area (Å²) in [6.45, 7) is 4.81. The predicted octanol–water partition coefficient (Wildman–Crippen LogP) is 0.626. The summed E-state index contributed by atoms with van der Waals surface area (Å²) in [6.07, 6.45) is 3.62. The number of aromatic amines is 1. The minimum absolute atomic E-state index is 0.0607. The molecule has 2 aromatic rings. The Balaban J connectivity index is 2.53.